The van der Waals surface area contributed by atoms with Crippen LogP contribution in [0.4, 0.5) is 0 Å². The van der Waals surface area contributed by atoms with E-state index in [-0.39, 0.29) is 50.9 Å². The number of aryl methyl sites for hydroxylation is 3. The van der Waals surface area contributed by atoms with E-state index in [0.717, 1.165) is 0 Å². The van der Waals surface area contributed by atoms with Gasteiger partial charge in [-0.25, -0.2) is 15.0 Å². The molecule has 0 amide bonds. The van der Waals surface area contributed by atoms with E-state index in [1.807, 2.05) is 53.4 Å². The minimum atomic E-state index is 0. The van der Waals surface area contributed by atoms with Crippen LogP contribution in [0.5, 0.6) is 0 Å². The fourth-order valence-corrected chi connectivity index (χ4v) is 0.977. The Balaban J connectivity index is -0.000000216. The van der Waals surface area contributed by atoms with Crippen molar-refractivity contribution in [1.82, 2.24) is 28.7 Å². The average molecular weight is 489 g/mol. The van der Waals surface area contributed by atoms with E-state index >= 15 is 0 Å². The van der Waals surface area contributed by atoms with Gasteiger partial charge in [0.1, 0.15) is 0 Å². The van der Waals surface area contributed by atoms with Gasteiger partial charge in [0, 0.05) is 58.3 Å². The van der Waals surface area contributed by atoms with Gasteiger partial charge in [-0.15, -0.1) is 50.9 Å². The molecule has 0 spiro atoms. The molecule has 6 nitrogen and oxygen atoms in total. The van der Waals surface area contributed by atoms with Crippen molar-refractivity contribution in [2.75, 3.05) is 0 Å². The van der Waals surface area contributed by atoms with Crippen molar-refractivity contribution in [2.24, 2.45) is 21.1 Å². The molecule has 0 bridgehead atoms. The first-order valence-corrected chi connectivity index (χ1v) is 5.44. The molecule has 0 aliphatic carbocycles. The third-order valence-corrected chi connectivity index (χ3v) is 1.91. The van der Waals surface area contributed by atoms with Crippen molar-refractivity contribution in [2.45, 2.75) is 0 Å². The van der Waals surface area contributed by atoms with Crippen LogP contribution >= 0.6 is 50.9 Å². The number of imidazole rings is 3. The molecular formula is C12H21Br3N6. The highest BCUT2D eigenvalue weighted by Crippen LogP contribution is 1.74. The predicted octanol–water partition coefficient (Wildman–Crippen LogP) is 2.99. The van der Waals surface area contributed by atoms with Crippen LogP contribution in [0.15, 0.2) is 56.2 Å². The highest BCUT2D eigenvalue weighted by molar-refractivity contribution is 8.93. The lowest BCUT2D eigenvalue weighted by Gasteiger charge is -1.76. The van der Waals surface area contributed by atoms with E-state index in [0.29, 0.717) is 0 Å². The van der Waals surface area contributed by atoms with Crippen molar-refractivity contribution in [3.63, 3.8) is 0 Å². The van der Waals surface area contributed by atoms with Crippen molar-refractivity contribution in [3.05, 3.63) is 56.2 Å². The Labute approximate surface area is 156 Å². The van der Waals surface area contributed by atoms with E-state index in [1.54, 1.807) is 37.6 Å². The molecule has 0 N–H and O–H groups in total. The molecule has 3 aromatic heterocycles. The summed E-state index contributed by atoms with van der Waals surface area (Å²) in [6.07, 6.45) is 16.2. The molecule has 0 aliphatic rings. The van der Waals surface area contributed by atoms with E-state index in [2.05, 4.69) is 15.0 Å². The lowest BCUT2D eigenvalue weighted by atomic mass is 10.9. The van der Waals surface area contributed by atoms with Crippen LogP contribution in [-0.2, 0) is 21.1 Å². The molecule has 3 heterocycles. The summed E-state index contributed by atoms with van der Waals surface area (Å²) in [4.78, 5) is 11.4. The minimum absolute atomic E-state index is 0. The summed E-state index contributed by atoms with van der Waals surface area (Å²) in [7, 11) is 5.81. The van der Waals surface area contributed by atoms with Gasteiger partial charge in [0.05, 0.1) is 19.0 Å². The van der Waals surface area contributed by atoms with Gasteiger partial charge in [-0.3, -0.25) is 0 Å². The van der Waals surface area contributed by atoms with E-state index < -0.39 is 0 Å². The predicted molar refractivity (Wildman–Crippen MR) is 101 cm³/mol. The summed E-state index contributed by atoms with van der Waals surface area (Å²) >= 11 is 0. The number of rotatable bonds is 0. The monoisotopic (exact) mass is 486 g/mol. The average Bonchev–Trinajstić information content (AvgIpc) is 3.05. The standard InChI is InChI=1S/3C4H6N2.3BrH/c3*1-6-3-2-5-4-6;;;/h3*2-4H,1H3;3*1H. The smallest absolute Gasteiger partial charge is 0.0943 e. The zero-order chi connectivity index (χ0) is 13.2. The van der Waals surface area contributed by atoms with Crippen LogP contribution in [0, 0.1) is 0 Å². The first-order chi connectivity index (χ1) is 8.68. The number of aromatic nitrogens is 6. The van der Waals surface area contributed by atoms with Crippen LogP contribution in [0.1, 0.15) is 0 Å². The zero-order valence-electron chi connectivity index (χ0n) is 12.1. The van der Waals surface area contributed by atoms with Crippen LogP contribution in [0.3, 0.4) is 0 Å². The topological polar surface area (TPSA) is 53.5 Å². The second kappa shape index (κ2) is 15.5. The van der Waals surface area contributed by atoms with Gasteiger partial charge >= 0.3 is 0 Å². The van der Waals surface area contributed by atoms with Gasteiger partial charge in [-0.2, -0.15) is 0 Å². The maximum Gasteiger partial charge on any atom is 0.0943 e. The van der Waals surface area contributed by atoms with E-state index in [9.17, 15) is 0 Å². The third kappa shape index (κ3) is 13.8. The molecule has 0 unspecified atom stereocenters. The number of halogens is 3. The summed E-state index contributed by atoms with van der Waals surface area (Å²) in [5.41, 5.74) is 0. The number of hydrogen-bond donors (Lipinski definition) is 0. The zero-order valence-corrected chi connectivity index (χ0v) is 17.2. The largest absolute Gasteiger partial charge is 0.341 e. The Hall–Kier alpha value is -0.930. The maximum atomic E-state index is 3.78. The van der Waals surface area contributed by atoms with Crippen LogP contribution in [-0.4, -0.2) is 28.7 Å². The van der Waals surface area contributed by atoms with Crippen molar-refractivity contribution in [3.8, 4) is 0 Å². The van der Waals surface area contributed by atoms with Gasteiger partial charge in [0.15, 0.2) is 0 Å². The van der Waals surface area contributed by atoms with Gasteiger partial charge in [-0.05, 0) is 0 Å². The lowest BCUT2D eigenvalue weighted by Crippen LogP contribution is -1.76. The molecule has 3 rings (SSSR count). The quantitative estimate of drug-likeness (QED) is 0.489. The van der Waals surface area contributed by atoms with Gasteiger partial charge < -0.3 is 13.7 Å². The first kappa shape index (κ1) is 25.0. The highest BCUT2D eigenvalue weighted by atomic mass is 79.9. The van der Waals surface area contributed by atoms with Crippen molar-refractivity contribution < 1.29 is 0 Å². The summed E-state index contributed by atoms with van der Waals surface area (Å²) in [5.74, 6) is 0. The van der Waals surface area contributed by atoms with E-state index in [4.69, 9.17) is 0 Å². The molecule has 0 saturated heterocycles. The SMILES string of the molecule is Br.Br.Br.Cn1ccnc1.Cn1ccnc1.Cn1ccnc1. The first-order valence-electron chi connectivity index (χ1n) is 5.44. The molecule has 0 radical (unpaired) electrons. The van der Waals surface area contributed by atoms with E-state index in [1.165, 1.54) is 0 Å². The Bertz CT molecular complexity index is 416. The molecular weight excluding hydrogens is 468 g/mol. The maximum absolute atomic E-state index is 3.78. The van der Waals surface area contributed by atoms with Gasteiger partial charge in [0.25, 0.3) is 0 Å². The van der Waals surface area contributed by atoms with Crippen molar-refractivity contribution in [1.29, 1.82) is 0 Å². The Kier molecular flexibility index (Phi) is 18.4. The molecule has 0 saturated carbocycles. The second-order valence-corrected chi connectivity index (χ2v) is 3.68. The van der Waals surface area contributed by atoms with Crippen LogP contribution in [0.2, 0.25) is 0 Å². The summed E-state index contributed by atoms with van der Waals surface area (Å²) in [6.45, 7) is 0. The van der Waals surface area contributed by atoms with Gasteiger partial charge in [0.2, 0.25) is 0 Å². The van der Waals surface area contributed by atoms with Gasteiger partial charge in [-0.1, -0.05) is 0 Å². The Morgan fingerprint density at radius 1 is 0.524 bits per heavy atom. The fourth-order valence-electron chi connectivity index (χ4n) is 0.977. The molecule has 0 aliphatic heterocycles. The molecule has 0 aromatic carbocycles. The Morgan fingerprint density at radius 2 is 0.762 bits per heavy atom. The number of hydrogen-bond acceptors (Lipinski definition) is 3. The lowest BCUT2D eigenvalue weighted by molar-refractivity contribution is 0.913. The van der Waals surface area contributed by atoms with Crippen LogP contribution < -0.4 is 0 Å². The third-order valence-electron chi connectivity index (χ3n) is 1.91. The molecule has 3 aromatic rings. The molecule has 0 atom stereocenters. The Morgan fingerprint density at radius 3 is 0.810 bits per heavy atom. The second-order valence-electron chi connectivity index (χ2n) is 3.68. The normalized spacial score (nSPS) is 7.57. The van der Waals surface area contributed by atoms with Crippen LogP contribution in [0.25, 0.3) is 0 Å². The molecule has 120 valence electrons. The summed E-state index contributed by atoms with van der Waals surface area (Å²) in [6, 6.07) is 0. The highest BCUT2D eigenvalue weighted by Gasteiger charge is 1.70. The molecule has 9 heteroatoms. The molecule has 21 heavy (non-hydrogen) atoms. The fraction of sp³-hybridized carbons (Fsp3) is 0.250. The molecule has 0 fully saturated rings. The minimum Gasteiger partial charge on any atom is -0.341 e. The summed E-state index contributed by atoms with van der Waals surface area (Å²) in [5, 5.41) is 0. The summed E-state index contributed by atoms with van der Waals surface area (Å²) < 4.78 is 5.67. The van der Waals surface area contributed by atoms with Crippen molar-refractivity contribution >= 4 is 50.9 Å². The number of nitrogens with zero attached hydrogens (tertiary/aromatic N) is 6.